The number of aromatic nitrogens is 2. The van der Waals surface area contributed by atoms with Gasteiger partial charge >= 0.3 is 0 Å². The molecule has 1 fully saturated rings. The zero-order chi connectivity index (χ0) is 15.2. The Morgan fingerprint density at radius 1 is 1.38 bits per heavy atom. The quantitative estimate of drug-likeness (QED) is 0.874. The highest BCUT2D eigenvalue weighted by Gasteiger charge is 2.22. The third-order valence-corrected chi connectivity index (χ3v) is 4.25. The molecule has 5 nitrogen and oxygen atoms in total. The Kier molecular flexibility index (Phi) is 5.76. The first kappa shape index (κ1) is 16.0. The number of amides is 1. The normalized spacial score (nSPS) is 22.5. The predicted octanol–water partition coefficient (Wildman–Crippen LogP) is 3.21. The topological polar surface area (TPSA) is 68.0 Å². The molecule has 1 aliphatic rings. The molecule has 2 atom stereocenters. The molecular formula is C16H27N3O2. The van der Waals surface area contributed by atoms with Crippen molar-refractivity contribution in [3.05, 3.63) is 11.7 Å². The van der Waals surface area contributed by atoms with E-state index in [1.807, 2.05) is 13.8 Å². The van der Waals surface area contributed by atoms with E-state index in [0.29, 0.717) is 30.7 Å². The number of nitrogens with zero attached hydrogens (tertiary/aromatic N) is 2. The molecule has 2 unspecified atom stereocenters. The van der Waals surface area contributed by atoms with Crippen LogP contribution in [0.5, 0.6) is 0 Å². The summed E-state index contributed by atoms with van der Waals surface area (Å²) in [4.78, 5) is 16.3. The van der Waals surface area contributed by atoms with E-state index < -0.39 is 0 Å². The second-order valence-electron chi connectivity index (χ2n) is 6.49. The van der Waals surface area contributed by atoms with Gasteiger partial charge in [-0.2, -0.15) is 4.98 Å². The summed E-state index contributed by atoms with van der Waals surface area (Å²) in [5.41, 5.74) is 0. The van der Waals surface area contributed by atoms with Crippen molar-refractivity contribution in [1.29, 1.82) is 0 Å². The van der Waals surface area contributed by atoms with E-state index in [-0.39, 0.29) is 11.8 Å². The molecule has 0 radical (unpaired) electrons. The van der Waals surface area contributed by atoms with Gasteiger partial charge in [0.05, 0.1) is 0 Å². The largest absolute Gasteiger partial charge is 0.353 e. The smallest absolute Gasteiger partial charge is 0.226 e. The highest BCUT2D eigenvalue weighted by Crippen LogP contribution is 2.23. The first-order chi connectivity index (χ1) is 10.1. The van der Waals surface area contributed by atoms with Gasteiger partial charge in [-0.25, -0.2) is 0 Å². The molecule has 0 bridgehead atoms. The maximum absolute atomic E-state index is 12.0. The number of rotatable bonds is 6. The van der Waals surface area contributed by atoms with Gasteiger partial charge in [-0.3, -0.25) is 4.79 Å². The number of hydrogen-bond acceptors (Lipinski definition) is 4. The fourth-order valence-corrected chi connectivity index (χ4v) is 2.81. The van der Waals surface area contributed by atoms with Gasteiger partial charge in [0.25, 0.3) is 0 Å². The molecule has 0 spiro atoms. The Bertz CT molecular complexity index is 456. The summed E-state index contributed by atoms with van der Waals surface area (Å²) in [6, 6.07) is 0.363. The summed E-state index contributed by atoms with van der Waals surface area (Å²) in [5, 5.41) is 7.10. The van der Waals surface area contributed by atoms with E-state index in [9.17, 15) is 4.79 Å². The second kappa shape index (κ2) is 7.57. The molecule has 0 aliphatic heterocycles. The molecule has 5 heteroatoms. The van der Waals surface area contributed by atoms with Gasteiger partial charge in [0, 0.05) is 24.8 Å². The third kappa shape index (κ3) is 4.83. The van der Waals surface area contributed by atoms with Crippen LogP contribution in [-0.4, -0.2) is 22.1 Å². The van der Waals surface area contributed by atoms with Crippen LogP contribution in [0, 0.1) is 5.92 Å². The third-order valence-electron chi connectivity index (χ3n) is 4.25. The van der Waals surface area contributed by atoms with E-state index in [1.54, 1.807) is 0 Å². The number of aryl methyl sites for hydroxylation is 1. The summed E-state index contributed by atoms with van der Waals surface area (Å²) < 4.78 is 5.18. The van der Waals surface area contributed by atoms with Crippen molar-refractivity contribution in [1.82, 2.24) is 15.5 Å². The average molecular weight is 293 g/mol. The first-order valence-electron chi connectivity index (χ1n) is 8.18. The molecule has 118 valence electrons. The van der Waals surface area contributed by atoms with Crippen LogP contribution in [0.1, 0.15) is 76.9 Å². The number of carbonyl (C=O) groups is 1. The zero-order valence-electron chi connectivity index (χ0n) is 13.4. The van der Waals surface area contributed by atoms with Crippen LogP contribution in [0.3, 0.4) is 0 Å². The number of hydrogen-bond donors (Lipinski definition) is 1. The van der Waals surface area contributed by atoms with Gasteiger partial charge in [0.2, 0.25) is 11.8 Å². The Balaban J connectivity index is 1.68. The highest BCUT2D eigenvalue weighted by atomic mass is 16.5. The highest BCUT2D eigenvalue weighted by molar-refractivity contribution is 5.76. The van der Waals surface area contributed by atoms with Crippen LogP contribution in [-0.2, 0) is 11.2 Å². The van der Waals surface area contributed by atoms with E-state index >= 15 is 0 Å². The van der Waals surface area contributed by atoms with Gasteiger partial charge in [-0.15, -0.1) is 0 Å². The standard InChI is InChI=1S/C16H27N3O2/c1-11(2)16-18-15(21-19-16)10-6-9-14(20)17-13-8-5-4-7-12(13)3/h11-13H,4-10H2,1-3H3,(H,17,20). The van der Waals surface area contributed by atoms with E-state index in [2.05, 4.69) is 22.4 Å². The minimum atomic E-state index is 0.150. The molecule has 1 amide bonds. The lowest BCUT2D eigenvalue weighted by atomic mass is 9.86. The summed E-state index contributed by atoms with van der Waals surface area (Å²) in [6.45, 7) is 6.30. The van der Waals surface area contributed by atoms with Crippen LogP contribution in [0.25, 0.3) is 0 Å². The van der Waals surface area contributed by atoms with E-state index in [0.717, 1.165) is 18.7 Å². The van der Waals surface area contributed by atoms with Crippen molar-refractivity contribution < 1.29 is 9.32 Å². The molecule has 0 aromatic carbocycles. The van der Waals surface area contributed by atoms with Gasteiger partial charge in [-0.1, -0.05) is 38.8 Å². The zero-order valence-corrected chi connectivity index (χ0v) is 13.4. The average Bonchev–Trinajstić information content (AvgIpc) is 2.90. The Morgan fingerprint density at radius 3 is 2.81 bits per heavy atom. The first-order valence-corrected chi connectivity index (χ1v) is 8.18. The van der Waals surface area contributed by atoms with Crippen LogP contribution in [0.2, 0.25) is 0 Å². The summed E-state index contributed by atoms with van der Waals surface area (Å²) in [6.07, 6.45) is 6.83. The molecular weight excluding hydrogens is 266 g/mol. The molecule has 2 rings (SSSR count). The van der Waals surface area contributed by atoms with Crippen LogP contribution in [0.15, 0.2) is 4.52 Å². The molecule has 0 saturated heterocycles. The van der Waals surface area contributed by atoms with Crippen LogP contribution >= 0.6 is 0 Å². The van der Waals surface area contributed by atoms with Gasteiger partial charge in [-0.05, 0) is 25.2 Å². The maximum atomic E-state index is 12.0. The molecule has 21 heavy (non-hydrogen) atoms. The lowest BCUT2D eigenvalue weighted by Crippen LogP contribution is -2.40. The maximum Gasteiger partial charge on any atom is 0.226 e. The lowest BCUT2D eigenvalue weighted by molar-refractivity contribution is -0.122. The lowest BCUT2D eigenvalue weighted by Gasteiger charge is -2.29. The summed E-state index contributed by atoms with van der Waals surface area (Å²) >= 11 is 0. The van der Waals surface area contributed by atoms with Crippen molar-refractivity contribution >= 4 is 5.91 Å². The van der Waals surface area contributed by atoms with Crippen molar-refractivity contribution in [2.75, 3.05) is 0 Å². The van der Waals surface area contributed by atoms with Gasteiger partial charge in [0.15, 0.2) is 5.82 Å². The van der Waals surface area contributed by atoms with Crippen LogP contribution in [0.4, 0.5) is 0 Å². The van der Waals surface area contributed by atoms with E-state index in [4.69, 9.17) is 4.52 Å². The van der Waals surface area contributed by atoms with Crippen LogP contribution < -0.4 is 5.32 Å². The van der Waals surface area contributed by atoms with Gasteiger partial charge in [0.1, 0.15) is 0 Å². The molecule has 1 saturated carbocycles. The Hall–Kier alpha value is -1.39. The molecule has 1 N–H and O–H groups in total. The van der Waals surface area contributed by atoms with E-state index in [1.165, 1.54) is 19.3 Å². The minimum absolute atomic E-state index is 0.150. The predicted molar refractivity (Wildman–Crippen MR) is 80.9 cm³/mol. The molecule has 1 aliphatic carbocycles. The van der Waals surface area contributed by atoms with Crippen molar-refractivity contribution in [3.8, 4) is 0 Å². The second-order valence-corrected chi connectivity index (χ2v) is 6.49. The van der Waals surface area contributed by atoms with Crippen molar-refractivity contribution in [3.63, 3.8) is 0 Å². The molecule has 1 aromatic rings. The summed E-state index contributed by atoms with van der Waals surface area (Å²) in [5.74, 6) is 2.41. The fraction of sp³-hybridized carbons (Fsp3) is 0.812. The molecule has 1 aromatic heterocycles. The SMILES string of the molecule is CC(C)c1noc(CCCC(=O)NC2CCCCC2C)n1. The van der Waals surface area contributed by atoms with Crippen molar-refractivity contribution in [2.24, 2.45) is 5.92 Å². The van der Waals surface area contributed by atoms with Crippen molar-refractivity contribution in [2.45, 2.75) is 77.7 Å². The Morgan fingerprint density at radius 2 is 2.14 bits per heavy atom. The minimum Gasteiger partial charge on any atom is -0.353 e. The Labute approximate surface area is 126 Å². The fourth-order valence-electron chi connectivity index (χ4n) is 2.81. The number of carbonyl (C=O) groups excluding carboxylic acids is 1. The monoisotopic (exact) mass is 293 g/mol. The number of nitrogens with one attached hydrogen (secondary N) is 1. The summed E-state index contributed by atoms with van der Waals surface area (Å²) in [7, 11) is 0. The van der Waals surface area contributed by atoms with Gasteiger partial charge < -0.3 is 9.84 Å². The molecule has 1 heterocycles.